The summed E-state index contributed by atoms with van der Waals surface area (Å²) in [6.45, 7) is 5.84. The molecule has 1 aromatic carbocycles. The van der Waals surface area contributed by atoms with Gasteiger partial charge in [0.15, 0.2) is 0 Å². The average molecular weight is 193 g/mol. The van der Waals surface area contributed by atoms with Crippen molar-refractivity contribution in [2.75, 3.05) is 0 Å². The first-order chi connectivity index (χ1) is 6.70. The monoisotopic (exact) mass is 193 g/mol. The van der Waals surface area contributed by atoms with E-state index in [4.69, 9.17) is 5.73 Å². The summed E-state index contributed by atoms with van der Waals surface area (Å²) in [5.41, 5.74) is 6.30. The maximum atomic E-state index is 10.7. The fourth-order valence-electron chi connectivity index (χ4n) is 1.07. The van der Waals surface area contributed by atoms with Gasteiger partial charge in [0.05, 0.1) is 0 Å². The van der Waals surface area contributed by atoms with Gasteiger partial charge >= 0.3 is 0 Å². The van der Waals surface area contributed by atoms with E-state index in [1.165, 1.54) is 0 Å². The summed E-state index contributed by atoms with van der Waals surface area (Å²) in [6, 6.07) is 9.88. The Hall–Kier alpha value is -1.31. The first kappa shape index (κ1) is 12.7. The predicted octanol–water partition coefficient (Wildman–Crippen LogP) is 2.38. The van der Waals surface area contributed by atoms with Crippen LogP contribution in [0.5, 0.6) is 0 Å². The normalized spacial score (nSPS) is 11.1. The SMILES string of the molecule is CC.C[C@@H](Cc1ccccc1)C(N)=O. The summed E-state index contributed by atoms with van der Waals surface area (Å²) in [7, 11) is 0. The molecule has 0 aromatic heterocycles. The maximum absolute atomic E-state index is 10.7. The van der Waals surface area contributed by atoms with E-state index in [1.54, 1.807) is 0 Å². The number of hydrogen-bond donors (Lipinski definition) is 1. The zero-order chi connectivity index (χ0) is 11.0. The van der Waals surface area contributed by atoms with Crippen molar-refractivity contribution in [2.24, 2.45) is 11.7 Å². The van der Waals surface area contributed by atoms with Crippen molar-refractivity contribution in [1.29, 1.82) is 0 Å². The summed E-state index contributed by atoms with van der Waals surface area (Å²) in [5.74, 6) is -0.314. The van der Waals surface area contributed by atoms with Crippen LogP contribution >= 0.6 is 0 Å². The lowest BCUT2D eigenvalue weighted by Gasteiger charge is -2.05. The van der Waals surface area contributed by atoms with Gasteiger partial charge in [-0.1, -0.05) is 51.1 Å². The minimum Gasteiger partial charge on any atom is -0.369 e. The summed E-state index contributed by atoms with van der Waals surface area (Å²) >= 11 is 0. The van der Waals surface area contributed by atoms with Gasteiger partial charge in [0.2, 0.25) is 5.91 Å². The van der Waals surface area contributed by atoms with Crippen LogP contribution in [0.3, 0.4) is 0 Å². The fourth-order valence-corrected chi connectivity index (χ4v) is 1.07. The molecule has 0 aliphatic heterocycles. The van der Waals surface area contributed by atoms with Crippen LogP contribution < -0.4 is 5.73 Å². The van der Waals surface area contributed by atoms with Crippen molar-refractivity contribution in [3.63, 3.8) is 0 Å². The Morgan fingerprint density at radius 1 is 1.29 bits per heavy atom. The molecular formula is C12H19NO. The number of hydrogen-bond acceptors (Lipinski definition) is 1. The molecule has 0 saturated heterocycles. The van der Waals surface area contributed by atoms with Crippen molar-refractivity contribution < 1.29 is 4.79 Å². The highest BCUT2D eigenvalue weighted by Gasteiger charge is 2.08. The van der Waals surface area contributed by atoms with E-state index < -0.39 is 0 Å². The van der Waals surface area contributed by atoms with Gasteiger partial charge < -0.3 is 5.73 Å². The highest BCUT2D eigenvalue weighted by molar-refractivity contribution is 5.76. The molecule has 78 valence electrons. The van der Waals surface area contributed by atoms with Crippen LogP contribution in [0, 0.1) is 5.92 Å². The smallest absolute Gasteiger partial charge is 0.220 e. The lowest BCUT2D eigenvalue weighted by atomic mass is 10.0. The molecule has 2 N–H and O–H groups in total. The largest absolute Gasteiger partial charge is 0.369 e. The lowest BCUT2D eigenvalue weighted by Crippen LogP contribution is -2.22. The fraction of sp³-hybridized carbons (Fsp3) is 0.417. The Morgan fingerprint density at radius 2 is 1.79 bits per heavy atom. The summed E-state index contributed by atoms with van der Waals surface area (Å²) in [4.78, 5) is 10.7. The highest BCUT2D eigenvalue weighted by Crippen LogP contribution is 2.06. The number of carbonyl (C=O) groups is 1. The van der Waals surface area contributed by atoms with Gasteiger partial charge in [-0.15, -0.1) is 0 Å². The third-order valence-corrected chi connectivity index (χ3v) is 1.87. The van der Waals surface area contributed by atoms with E-state index in [2.05, 4.69) is 0 Å². The molecule has 0 radical (unpaired) electrons. The highest BCUT2D eigenvalue weighted by atomic mass is 16.1. The molecule has 0 heterocycles. The molecule has 0 fully saturated rings. The molecule has 1 rings (SSSR count). The molecule has 2 heteroatoms. The second-order valence-corrected chi connectivity index (χ2v) is 2.99. The van der Waals surface area contributed by atoms with E-state index in [1.807, 2.05) is 51.1 Å². The van der Waals surface area contributed by atoms with Gasteiger partial charge in [-0.25, -0.2) is 0 Å². The van der Waals surface area contributed by atoms with E-state index in [0.29, 0.717) is 0 Å². The van der Waals surface area contributed by atoms with E-state index >= 15 is 0 Å². The van der Waals surface area contributed by atoms with Gasteiger partial charge in [0.25, 0.3) is 0 Å². The van der Waals surface area contributed by atoms with E-state index in [9.17, 15) is 4.79 Å². The van der Waals surface area contributed by atoms with Gasteiger partial charge in [-0.2, -0.15) is 0 Å². The number of rotatable bonds is 3. The number of carbonyl (C=O) groups excluding carboxylic acids is 1. The van der Waals surface area contributed by atoms with E-state index in [-0.39, 0.29) is 11.8 Å². The molecule has 2 nitrogen and oxygen atoms in total. The zero-order valence-corrected chi connectivity index (χ0v) is 9.16. The first-order valence-corrected chi connectivity index (χ1v) is 5.03. The Balaban J connectivity index is 0.000000791. The lowest BCUT2D eigenvalue weighted by molar-refractivity contribution is -0.121. The average Bonchev–Trinajstić information content (AvgIpc) is 2.22. The first-order valence-electron chi connectivity index (χ1n) is 5.03. The van der Waals surface area contributed by atoms with Crippen LogP contribution in [0.4, 0.5) is 0 Å². The van der Waals surface area contributed by atoms with Crippen molar-refractivity contribution in [3.8, 4) is 0 Å². The number of benzene rings is 1. The summed E-state index contributed by atoms with van der Waals surface area (Å²) in [6.07, 6.45) is 0.732. The third-order valence-electron chi connectivity index (χ3n) is 1.87. The van der Waals surface area contributed by atoms with Crippen LogP contribution in [0.25, 0.3) is 0 Å². The van der Waals surface area contributed by atoms with Crippen molar-refractivity contribution in [3.05, 3.63) is 35.9 Å². The Bertz CT molecular complexity index is 256. The molecule has 0 bridgehead atoms. The molecule has 0 saturated carbocycles. The summed E-state index contributed by atoms with van der Waals surface area (Å²) in [5, 5.41) is 0. The number of amides is 1. The van der Waals surface area contributed by atoms with Crippen molar-refractivity contribution in [2.45, 2.75) is 27.2 Å². The number of primary amides is 1. The number of nitrogens with two attached hydrogens (primary N) is 1. The topological polar surface area (TPSA) is 43.1 Å². The van der Waals surface area contributed by atoms with Gasteiger partial charge in [-0.05, 0) is 12.0 Å². The molecule has 0 aliphatic rings. The van der Waals surface area contributed by atoms with Crippen LogP contribution in [0.1, 0.15) is 26.3 Å². The Kier molecular flexibility index (Phi) is 6.46. The zero-order valence-electron chi connectivity index (χ0n) is 9.16. The second kappa shape index (κ2) is 7.13. The molecule has 1 amide bonds. The van der Waals surface area contributed by atoms with Crippen molar-refractivity contribution >= 4 is 5.91 Å². The molecule has 0 aliphatic carbocycles. The summed E-state index contributed by atoms with van der Waals surface area (Å²) < 4.78 is 0. The van der Waals surface area contributed by atoms with Crippen LogP contribution in [0.15, 0.2) is 30.3 Å². The molecule has 1 atom stereocenters. The van der Waals surface area contributed by atoms with Crippen LogP contribution in [0.2, 0.25) is 0 Å². The molecular weight excluding hydrogens is 174 g/mol. The second-order valence-electron chi connectivity index (χ2n) is 2.99. The minimum atomic E-state index is -0.237. The standard InChI is InChI=1S/C10H13NO.C2H6/c1-8(10(11)12)7-9-5-3-2-4-6-9;1-2/h2-6,8H,7H2,1H3,(H2,11,12);1-2H3/t8-;/m0./s1. The van der Waals surface area contributed by atoms with Gasteiger partial charge in [0, 0.05) is 5.92 Å². The quantitative estimate of drug-likeness (QED) is 0.787. The molecule has 0 unspecified atom stereocenters. The van der Waals surface area contributed by atoms with Gasteiger partial charge in [-0.3, -0.25) is 4.79 Å². The third kappa shape index (κ3) is 4.65. The van der Waals surface area contributed by atoms with Crippen LogP contribution in [-0.4, -0.2) is 5.91 Å². The minimum absolute atomic E-state index is 0.0765. The predicted molar refractivity (Wildman–Crippen MR) is 59.9 cm³/mol. The van der Waals surface area contributed by atoms with Crippen LogP contribution in [-0.2, 0) is 11.2 Å². The maximum Gasteiger partial charge on any atom is 0.220 e. The van der Waals surface area contributed by atoms with E-state index in [0.717, 1.165) is 12.0 Å². The Morgan fingerprint density at radius 3 is 2.21 bits per heavy atom. The Labute approximate surface area is 86.1 Å². The van der Waals surface area contributed by atoms with Crippen molar-refractivity contribution in [1.82, 2.24) is 0 Å². The molecule has 0 spiro atoms. The van der Waals surface area contributed by atoms with Gasteiger partial charge in [0.1, 0.15) is 0 Å². The molecule has 14 heavy (non-hydrogen) atoms. The molecule has 1 aromatic rings.